The molecule has 2 bridgehead atoms. The van der Waals surface area contributed by atoms with Gasteiger partial charge in [-0.2, -0.15) is 0 Å². The maximum atomic E-state index is 12.7. The van der Waals surface area contributed by atoms with Crippen LogP contribution in [-0.2, 0) is 28.6 Å². The number of fused-ring (bicyclic) bond motifs is 2. The number of rotatable bonds is 6. The Kier molecular flexibility index (Phi) is 10.6. The number of aliphatic hydroxyl groups is 2. The van der Waals surface area contributed by atoms with Gasteiger partial charge < -0.3 is 29.5 Å². The number of carbonyl (C=O) groups excluding carboxylic acids is 2. The van der Waals surface area contributed by atoms with E-state index in [-0.39, 0.29) is 18.9 Å². The number of carbonyl (C=O) groups is 3. The van der Waals surface area contributed by atoms with E-state index in [2.05, 4.69) is 0 Å². The standard InChI is InChI=1S/C23H31ClO9/c1-13(9-21(28)29)8-18(27)23-20-10-17(32-23)7-6-16(24)5-3-4-15(12-25)19(31-14(2)26)11-22(30)33-20/h4-5,8,17-20,23,25,27H,3,6-7,9-12H2,1-2H3,(H,28,29)/b13-8+,15-4-,16-5+/t17-,18-,19-,20-,23-/m1/s1. The molecule has 0 aromatic carbocycles. The van der Waals surface area contributed by atoms with Gasteiger partial charge in [-0.05, 0) is 31.8 Å². The van der Waals surface area contributed by atoms with Crippen LogP contribution in [0.4, 0.5) is 0 Å². The van der Waals surface area contributed by atoms with E-state index < -0.39 is 48.9 Å². The minimum atomic E-state index is -1.19. The van der Waals surface area contributed by atoms with E-state index in [0.717, 1.165) is 0 Å². The monoisotopic (exact) mass is 486 g/mol. The summed E-state index contributed by atoms with van der Waals surface area (Å²) in [5.74, 6) is -2.32. The van der Waals surface area contributed by atoms with Crippen molar-refractivity contribution in [3.8, 4) is 0 Å². The average molecular weight is 487 g/mol. The quantitative estimate of drug-likeness (QED) is 0.381. The molecular formula is C23H31ClO9. The highest BCUT2D eigenvalue weighted by atomic mass is 35.5. The van der Waals surface area contributed by atoms with Crippen LogP contribution < -0.4 is 0 Å². The molecule has 2 aliphatic heterocycles. The van der Waals surface area contributed by atoms with Crippen molar-refractivity contribution in [3.63, 3.8) is 0 Å². The Morgan fingerprint density at radius 1 is 1.33 bits per heavy atom. The van der Waals surface area contributed by atoms with Crippen LogP contribution >= 0.6 is 11.6 Å². The fraction of sp³-hybridized carbons (Fsp3) is 0.609. The lowest BCUT2D eigenvalue weighted by molar-refractivity contribution is -0.159. The highest BCUT2D eigenvalue weighted by Crippen LogP contribution is 2.31. The third kappa shape index (κ3) is 8.92. The number of aliphatic hydroxyl groups excluding tert-OH is 2. The molecule has 0 aromatic rings. The first kappa shape index (κ1) is 27.0. The molecule has 1 fully saturated rings. The van der Waals surface area contributed by atoms with Crippen molar-refractivity contribution in [1.82, 2.24) is 0 Å². The van der Waals surface area contributed by atoms with Crippen LogP contribution in [0.15, 0.2) is 34.4 Å². The molecule has 0 saturated carbocycles. The lowest BCUT2D eigenvalue weighted by atomic mass is 10.0. The van der Waals surface area contributed by atoms with Crippen LogP contribution in [0.5, 0.6) is 0 Å². The van der Waals surface area contributed by atoms with Crippen LogP contribution in [0.2, 0.25) is 0 Å². The van der Waals surface area contributed by atoms with Crippen LogP contribution in [0.3, 0.4) is 0 Å². The van der Waals surface area contributed by atoms with Gasteiger partial charge in [-0.15, -0.1) is 0 Å². The first-order valence-corrected chi connectivity index (χ1v) is 11.2. The first-order valence-electron chi connectivity index (χ1n) is 10.8. The number of allylic oxidation sites excluding steroid dienone is 3. The molecule has 0 aliphatic carbocycles. The zero-order valence-corrected chi connectivity index (χ0v) is 19.5. The summed E-state index contributed by atoms with van der Waals surface area (Å²) < 4.78 is 16.8. The van der Waals surface area contributed by atoms with Gasteiger partial charge in [-0.25, -0.2) is 0 Å². The molecule has 0 amide bonds. The van der Waals surface area contributed by atoms with Gasteiger partial charge in [0.2, 0.25) is 0 Å². The maximum absolute atomic E-state index is 12.7. The molecule has 5 atom stereocenters. The normalized spacial score (nSPS) is 31.3. The van der Waals surface area contributed by atoms with Crippen molar-refractivity contribution in [3.05, 3.63) is 34.4 Å². The van der Waals surface area contributed by atoms with Crippen molar-refractivity contribution in [1.29, 1.82) is 0 Å². The number of hydrogen-bond donors (Lipinski definition) is 3. The summed E-state index contributed by atoms with van der Waals surface area (Å²) in [5.41, 5.74) is 0.793. The largest absolute Gasteiger partial charge is 0.481 e. The lowest BCUT2D eigenvalue weighted by Gasteiger charge is -2.24. The van der Waals surface area contributed by atoms with Crippen LogP contribution in [0, 0.1) is 0 Å². The van der Waals surface area contributed by atoms with Crippen molar-refractivity contribution in [2.45, 2.75) is 82.9 Å². The summed E-state index contributed by atoms with van der Waals surface area (Å²) in [6, 6.07) is 0. The second kappa shape index (κ2) is 12.9. The zero-order chi connectivity index (χ0) is 24.5. The highest BCUT2D eigenvalue weighted by molar-refractivity contribution is 6.29. The summed E-state index contributed by atoms with van der Waals surface area (Å²) in [7, 11) is 0. The number of ether oxygens (including phenoxy) is 3. The fourth-order valence-corrected chi connectivity index (χ4v) is 4.10. The minimum Gasteiger partial charge on any atom is -0.481 e. The second-order valence-corrected chi connectivity index (χ2v) is 8.71. The Bertz CT molecular complexity index is 817. The summed E-state index contributed by atoms with van der Waals surface area (Å²) >= 11 is 6.30. The van der Waals surface area contributed by atoms with E-state index in [1.54, 1.807) is 19.1 Å². The molecule has 0 aromatic heterocycles. The Labute approximate surface area is 197 Å². The van der Waals surface area contributed by atoms with Gasteiger partial charge in [0.1, 0.15) is 24.4 Å². The molecule has 3 N–H and O–H groups in total. The van der Waals surface area contributed by atoms with Crippen LogP contribution in [0.1, 0.15) is 52.4 Å². The molecule has 9 nitrogen and oxygen atoms in total. The number of esters is 2. The number of halogens is 1. The van der Waals surface area contributed by atoms with Crippen molar-refractivity contribution in [2.75, 3.05) is 6.61 Å². The topological polar surface area (TPSA) is 140 Å². The molecule has 10 heteroatoms. The van der Waals surface area contributed by atoms with Crippen LogP contribution in [0.25, 0.3) is 0 Å². The van der Waals surface area contributed by atoms with Gasteiger partial charge in [0.15, 0.2) is 0 Å². The molecule has 0 unspecified atom stereocenters. The van der Waals surface area contributed by atoms with E-state index >= 15 is 0 Å². The third-order valence-electron chi connectivity index (χ3n) is 5.40. The van der Waals surface area contributed by atoms with Gasteiger partial charge in [-0.3, -0.25) is 14.4 Å². The maximum Gasteiger partial charge on any atom is 0.310 e. The lowest BCUT2D eigenvalue weighted by Crippen LogP contribution is -2.37. The molecule has 2 heterocycles. The van der Waals surface area contributed by atoms with Crippen LogP contribution in [-0.4, -0.2) is 70.4 Å². The van der Waals surface area contributed by atoms with Gasteiger partial charge >= 0.3 is 17.9 Å². The predicted molar refractivity (Wildman–Crippen MR) is 118 cm³/mol. The Morgan fingerprint density at radius 3 is 2.70 bits per heavy atom. The third-order valence-corrected chi connectivity index (χ3v) is 5.74. The molecule has 33 heavy (non-hydrogen) atoms. The first-order chi connectivity index (χ1) is 15.6. The Balaban J connectivity index is 2.28. The van der Waals surface area contributed by atoms with Gasteiger partial charge in [0.25, 0.3) is 0 Å². The van der Waals surface area contributed by atoms with Gasteiger partial charge in [-0.1, -0.05) is 35.4 Å². The fourth-order valence-electron chi connectivity index (χ4n) is 3.90. The molecule has 184 valence electrons. The highest BCUT2D eigenvalue weighted by Gasteiger charge is 2.41. The molecule has 1 saturated heterocycles. The predicted octanol–water partition coefficient (Wildman–Crippen LogP) is 2.38. The van der Waals surface area contributed by atoms with Crippen molar-refractivity contribution in [2.24, 2.45) is 0 Å². The van der Waals surface area contributed by atoms with Gasteiger partial charge in [0.05, 0.1) is 25.6 Å². The Hall–Kier alpha value is -2.20. The minimum absolute atomic E-state index is 0.238. The number of carboxylic acid groups (broad SMARTS) is 1. The molecule has 2 aliphatic rings. The van der Waals surface area contributed by atoms with E-state index in [1.165, 1.54) is 13.0 Å². The zero-order valence-electron chi connectivity index (χ0n) is 18.7. The average Bonchev–Trinajstić information content (AvgIpc) is 3.10. The summed E-state index contributed by atoms with van der Waals surface area (Å²) in [6.07, 6.45) is 1.79. The van der Waals surface area contributed by atoms with E-state index in [0.29, 0.717) is 41.9 Å². The number of aliphatic carboxylic acids is 1. The number of carboxylic acids is 1. The molecule has 0 radical (unpaired) electrons. The van der Waals surface area contributed by atoms with Gasteiger partial charge in [0, 0.05) is 18.4 Å². The molecule has 2 rings (SSSR count). The van der Waals surface area contributed by atoms with Crippen molar-refractivity contribution < 1.29 is 43.9 Å². The van der Waals surface area contributed by atoms with E-state index in [1.807, 2.05) is 0 Å². The second-order valence-electron chi connectivity index (χ2n) is 8.23. The summed E-state index contributed by atoms with van der Waals surface area (Å²) in [4.78, 5) is 35.2. The summed E-state index contributed by atoms with van der Waals surface area (Å²) in [6.45, 7) is 2.37. The SMILES string of the molecule is CC(=O)O[C@@H]1CC(=O)O[C@@H]2C[C@@H](CC/C(Cl)=C\C/C=C\1CO)O[C@@H]2[C@H](O)/C=C(\C)CC(=O)O. The smallest absolute Gasteiger partial charge is 0.310 e. The van der Waals surface area contributed by atoms with E-state index in [9.17, 15) is 24.6 Å². The molecule has 0 spiro atoms. The molecular weight excluding hydrogens is 456 g/mol. The van der Waals surface area contributed by atoms with Crippen molar-refractivity contribution >= 4 is 29.5 Å². The van der Waals surface area contributed by atoms with E-state index in [4.69, 9.17) is 30.9 Å². The number of hydrogen-bond acceptors (Lipinski definition) is 8. The Morgan fingerprint density at radius 2 is 2.06 bits per heavy atom. The summed E-state index contributed by atoms with van der Waals surface area (Å²) in [5, 5.41) is 29.9.